The second kappa shape index (κ2) is 5.05. The Kier molecular flexibility index (Phi) is 3.48. The van der Waals surface area contributed by atoms with Crippen molar-refractivity contribution in [2.24, 2.45) is 0 Å². The van der Waals surface area contributed by atoms with Crippen molar-refractivity contribution < 1.29 is 0 Å². The molecule has 6 nitrogen and oxygen atoms in total. The number of rotatable bonds is 4. The molecule has 90 valence electrons. The summed E-state index contributed by atoms with van der Waals surface area (Å²) in [5.41, 5.74) is 5.61. The molecule has 0 aliphatic rings. The zero-order valence-corrected chi connectivity index (χ0v) is 10.5. The van der Waals surface area contributed by atoms with Crippen LogP contribution in [-0.4, -0.2) is 19.3 Å². The van der Waals surface area contributed by atoms with E-state index in [0.29, 0.717) is 11.6 Å². The lowest BCUT2D eigenvalue weighted by atomic mass is 10.3. The fraction of sp³-hybridized carbons (Fsp3) is 0.400. The van der Waals surface area contributed by atoms with Gasteiger partial charge in [-0.3, -0.25) is 0 Å². The predicted octanol–water partition coefficient (Wildman–Crippen LogP) is 1.65. The Morgan fingerprint density at radius 3 is 2.94 bits per heavy atom. The van der Waals surface area contributed by atoms with Gasteiger partial charge in [-0.05, 0) is 13.0 Å². The first-order valence-electron chi connectivity index (χ1n) is 5.36. The van der Waals surface area contributed by atoms with Gasteiger partial charge >= 0.3 is 0 Å². The van der Waals surface area contributed by atoms with Crippen LogP contribution in [0, 0.1) is 0 Å². The van der Waals surface area contributed by atoms with Gasteiger partial charge in [-0.1, -0.05) is 6.92 Å². The molecule has 0 radical (unpaired) electrons. The molecule has 1 atom stereocenters. The molecule has 0 saturated heterocycles. The zero-order valence-electron chi connectivity index (χ0n) is 9.71. The Morgan fingerprint density at radius 2 is 2.29 bits per heavy atom. The summed E-state index contributed by atoms with van der Waals surface area (Å²) in [6, 6.07) is 1.62. The van der Waals surface area contributed by atoms with Crippen molar-refractivity contribution in [2.75, 3.05) is 11.1 Å². The van der Waals surface area contributed by atoms with Gasteiger partial charge in [0.15, 0.2) is 5.82 Å². The van der Waals surface area contributed by atoms with E-state index in [0.717, 1.165) is 17.4 Å². The van der Waals surface area contributed by atoms with Crippen molar-refractivity contribution >= 4 is 22.5 Å². The minimum absolute atomic E-state index is 0.0452. The van der Waals surface area contributed by atoms with Crippen molar-refractivity contribution in [3.05, 3.63) is 23.9 Å². The largest absolute Gasteiger partial charge is 0.384 e. The summed E-state index contributed by atoms with van der Waals surface area (Å²) in [6.07, 6.45) is 2.48. The molecular formula is C10H14N6S. The van der Waals surface area contributed by atoms with Crippen LogP contribution in [0.1, 0.15) is 31.5 Å². The molecule has 0 aliphatic heterocycles. The number of hydrogen-bond donors (Lipinski definition) is 2. The topological polar surface area (TPSA) is 89.6 Å². The lowest BCUT2D eigenvalue weighted by Crippen LogP contribution is -2.11. The molecule has 7 heteroatoms. The van der Waals surface area contributed by atoms with E-state index in [1.165, 1.54) is 11.5 Å². The van der Waals surface area contributed by atoms with Gasteiger partial charge in [0.25, 0.3) is 0 Å². The molecule has 2 aromatic rings. The van der Waals surface area contributed by atoms with Crippen molar-refractivity contribution in [3.8, 4) is 0 Å². The number of nitrogen functional groups attached to an aromatic ring is 1. The third-order valence-electron chi connectivity index (χ3n) is 2.21. The Hall–Kier alpha value is -1.76. The van der Waals surface area contributed by atoms with Gasteiger partial charge < -0.3 is 11.1 Å². The quantitative estimate of drug-likeness (QED) is 0.857. The number of nitrogens with one attached hydrogen (secondary N) is 1. The first-order chi connectivity index (χ1) is 8.19. The van der Waals surface area contributed by atoms with Gasteiger partial charge in [0.05, 0.1) is 6.04 Å². The minimum atomic E-state index is -0.0452. The van der Waals surface area contributed by atoms with E-state index in [4.69, 9.17) is 5.73 Å². The lowest BCUT2D eigenvalue weighted by Gasteiger charge is -2.10. The summed E-state index contributed by atoms with van der Waals surface area (Å²) >= 11 is 1.34. The molecule has 2 aromatic heterocycles. The van der Waals surface area contributed by atoms with Crippen LogP contribution in [-0.2, 0) is 6.42 Å². The van der Waals surface area contributed by atoms with Crippen LogP contribution in [0.5, 0.6) is 0 Å². The Balaban J connectivity index is 2.08. The summed E-state index contributed by atoms with van der Waals surface area (Å²) in [6.45, 7) is 3.98. The molecule has 17 heavy (non-hydrogen) atoms. The Morgan fingerprint density at radius 1 is 1.47 bits per heavy atom. The van der Waals surface area contributed by atoms with Crippen molar-refractivity contribution in [3.63, 3.8) is 0 Å². The first kappa shape index (κ1) is 11.7. The zero-order chi connectivity index (χ0) is 12.3. The molecular weight excluding hydrogens is 236 g/mol. The summed E-state index contributed by atoms with van der Waals surface area (Å²) in [7, 11) is 0. The van der Waals surface area contributed by atoms with Crippen LogP contribution < -0.4 is 11.1 Å². The number of nitrogens with zero attached hydrogens (tertiary/aromatic N) is 4. The second-order valence-corrected chi connectivity index (χ2v) is 4.33. The number of nitrogens with two attached hydrogens (primary N) is 1. The number of anilines is 2. The Bertz CT molecular complexity index is 497. The van der Waals surface area contributed by atoms with Crippen LogP contribution in [0.25, 0.3) is 0 Å². The number of aromatic nitrogens is 4. The van der Waals surface area contributed by atoms with Crippen LogP contribution in [0.2, 0.25) is 0 Å². The molecule has 0 bridgehead atoms. The highest BCUT2D eigenvalue weighted by Crippen LogP contribution is 2.18. The first-order valence-corrected chi connectivity index (χ1v) is 6.14. The molecule has 1 unspecified atom stereocenters. The molecule has 0 amide bonds. The molecule has 3 N–H and O–H groups in total. The highest BCUT2D eigenvalue weighted by Gasteiger charge is 2.11. The molecule has 2 rings (SSSR count). The lowest BCUT2D eigenvalue weighted by molar-refractivity contribution is 0.788. The Labute approximate surface area is 103 Å². The molecule has 2 heterocycles. The van der Waals surface area contributed by atoms with E-state index < -0.39 is 0 Å². The summed E-state index contributed by atoms with van der Waals surface area (Å²) < 4.78 is 4.20. The van der Waals surface area contributed by atoms with Gasteiger partial charge in [-0.2, -0.15) is 4.37 Å². The van der Waals surface area contributed by atoms with E-state index >= 15 is 0 Å². The fourth-order valence-corrected chi connectivity index (χ4v) is 2.04. The van der Waals surface area contributed by atoms with E-state index in [1.807, 2.05) is 13.8 Å². The highest BCUT2D eigenvalue weighted by atomic mass is 32.1. The SMILES string of the molecule is CCc1nsc(NC(C)c2nccc(N)n2)n1. The van der Waals surface area contributed by atoms with Crippen molar-refractivity contribution in [2.45, 2.75) is 26.3 Å². The minimum Gasteiger partial charge on any atom is -0.384 e. The van der Waals surface area contributed by atoms with Crippen molar-refractivity contribution in [1.82, 2.24) is 19.3 Å². The molecule has 0 saturated carbocycles. The van der Waals surface area contributed by atoms with Crippen LogP contribution in [0.4, 0.5) is 10.9 Å². The van der Waals surface area contributed by atoms with Gasteiger partial charge in [-0.15, -0.1) is 0 Å². The average molecular weight is 250 g/mol. The van der Waals surface area contributed by atoms with Crippen molar-refractivity contribution in [1.29, 1.82) is 0 Å². The van der Waals surface area contributed by atoms with E-state index in [9.17, 15) is 0 Å². The molecule has 0 fully saturated rings. The normalized spacial score (nSPS) is 12.4. The second-order valence-electron chi connectivity index (χ2n) is 3.58. The fourth-order valence-electron chi connectivity index (χ4n) is 1.30. The van der Waals surface area contributed by atoms with Gasteiger partial charge in [-0.25, -0.2) is 15.0 Å². The molecule has 0 aromatic carbocycles. The standard InChI is InChI=1S/C10H14N6S/c1-3-8-15-10(17-16-8)13-6(2)9-12-5-4-7(11)14-9/h4-6H,3H2,1-2H3,(H2,11,12,14)(H,13,15,16). The smallest absolute Gasteiger partial charge is 0.203 e. The third-order valence-corrected chi connectivity index (χ3v) is 2.89. The summed E-state index contributed by atoms with van der Waals surface area (Å²) in [4.78, 5) is 12.6. The molecule has 0 aliphatic carbocycles. The van der Waals surface area contributed by atoms with Gasteiger partial charge in [0, 0.05) is 24.2 Å². The number of hydrogen-bond acceptors (Lipinski definition) is 7. The van der Waals surface area contributed by atoms with E-state index in [-0.39, 0.29) is 6.04 Å². The van der Waals surface area contributed by atoms with Crippen LogP contribution >= 0.6 is 11.5 Å². The molecule has 0 spiro atoms. The summed E-state index contributed by atoms with van der Waals surface area (Å²) in [5.74, 6) is 1.96. The highest BCUT2D eigenvalue weighted by molar-refractivity contribution is 7.09. The van der Waals surface area contributed by atoms with Gasteiger partial charge in [0.1, 0.15) is 11.6 Å². The van der Waals surface area contributed by atoms with Crippen LogP contribution in [0.3, 0.4) is 0 Å². The monoisotopic (exact) mass is 250 g/mol. The van der Waals surface area contributed by atoms with E-state index in [2.05, 4.69) is 24.6 Å². The third kappa shape index (κ3) is 2.88. The average Bonchev–Trinajstić information content (AvgIpc) is 2.77. The maximum absolute atomic E-state index is 5.61. The number of aryl methyl sites for hydroxylation is 1. The van der Waals surface area contributed by atoms with Gasteiger partial charge in [0.2, 0.25) is 5.13 Å². The maximum atomic E-state index is 5.61. The maximum Gasteiger partial charge on any atom is 0.203 e. The van der Waals surface area contributed by atoms with E-state index in [1.54, 1.807) is 12.3 Å². The van der Waals surface area contributed by atoms with Crippen LogP contribution in [0.15, 0.2) is 12.3 Å². The summed E-state index contributed by atoms with van der Waals surface area (Å²) in [5, 5.41) is 3.98. The predicted molar refractivity (Wildman–Crippen MR) is 67.8 cm³/mol.